The molecule has 116 valence electrons. The Morgan fingerprint density at radius 3 is 3.05 bits per heavy atom. The lowest BCUT2D eigenvalue weighted by Crippen LogP contribution is -2.39. The zero-order chi connectivity index (χ0) is 15.4. The molecule has 1 aliphatic rings. The lowest BCUT2D eigenvalue weighted by molar-refractivity contribution is 0.178. The Bertz CT molecular complexity index is 620. The Balaban J connectivity index is 1.47. The van der Waals surface area contributed by atoms with Crippen LogP contribution in [0, 0.1) is 0 Å². The molecule has 0 saturated carbocycles. The minimum absolute atomic E-state index is 0.0727. The van der Waals surface area contributed by atoms with Crippen molar-refractivity contribution in [1.29, 1.82) is 0 Å². The number of halogens is 1. The van der Waals surface area contributed by atoms with E-state index in [1.165, 1.54) is 12.4 Å². The zero-order valence-corrected chi connectivity index (χ0v) is 13.3. The summed E-state index contributed by atoms with van der Waals surface area (Å²) in [5, 5.41) is 5.37. The predicted molar refractivity (Wildman–Crippen MR) is 84.2 cm³/mol. The van der Waals surface area contributed by atoms with Gasteiger partial charge in [-0.3, -0.25) is 0 Å². The van der Waals surface area contributed by atoms with E-state index in [1.807, 2.05) is 17.5 Å². The first-order valence-corrected chi connectivity index (χ1v) is 8.16. The van der Waals surface area contributed by atoms with E-state index in [0.717, 1.165) is 11.3 Å². The minimum Gasteiger partial charge on any atom is -0.458 e. The second-order valence-electron chi connectivity index (χ2n) is 4.90. The predicted octanol–water partition coefficient (Wildman–Crippen LogP) is 2.55. The van der Waals surface area contributed by atoms with Crippen LogP contribution in [-0.4, -0.2) is 40.1 Å². The third-order valence-corrected chi connectivity index (χ3v) is 4.37. The van der Waals surface area contributed by atoms with Crippen molar-refractivity contribution >= 4 is 29.0 Å². The number of nitrogens with one attached hydrogen (secondary N) is 1. The van der Waals surface area contributed by atoms with Crippen LogP contribution in [0.3, 0.4) is 0 Å². The molecule has 1 unspecified atom stereocenters. The molecule has 6 nitrogen and oxygen atoms in total. The molecule has 2 amide bonds. The Kier molecular flexibility index (Phi) is 4.74. The number of ether oxygens (including phenoxy) is 1. The van der Waals surface area contributed by atoms with Gasteiger partial charge in [-0.25, -0.2) is 14.8 Å². The number of carbonyl (C=O) groups excluding carboxylic acids is 1. The third kappa shape index (κ3) is 3.86. The second-order valence-corrected chi connectivity index (χ2v) is 6.37. The maximum absolute atomic E-state index is 12.1. The normalized spacial score (nSPS) is 17.5. The molecule has 2 aromatic rings. The summed E-state index contributed by atoms with van der Waals surface area (Å²) in [5.41, 5.74) is 0. The average molecular weight is 339 g/mol. The number of likely N-dealkylation sites (tertiary alicyclic amines) is 1. The summed E-state index contributed by atoms with van der Waals surface area (Å²) in [4.78, 5) is 23.0. The van der Waals surface area contributed by atoms with Crippen molar-refractivity contribution in [3.63, 3.8) is 0 Å². The maximum Gasteiger partial charge on any atom is 0.317 e. The molecule has 0 spiro atoms. The topological polar surface area (TPSA) is 67.4 Å². The van der Waals surface area contributed by atoms with E-state index in [2.05, 4.69) is 15.3 Å². The Morgan fingerprint density at radius 2 is 2.32 bits per heavy atom. The molecule has 2 aromatic heterocycles. The van der Waals surface area contributed by atoms with Crippen molar-refractivity contribution in [2.24, 2.45) is 0 Å². The fourth-order valence-electron chi connectivity index (χ4n) is 2.21. The van der Waals surface area contributed by atoms with Crippen molar-refractivity contribution in [3.05, 3.63) is 39.8 Å². The van der Waals surface area contributed by atoms with Crippen molar-refractivity contribution in [3.8, 4) is 6.01 Å². The van der Waals surface area contributed by atoms with Gasteiger partial charge in [0.15, 0.2) is 0 Å². The summed E-state index contributed by atoms with van der Waals surface area (Å²) in [5.74, 6) is 0. The molecule has 0 aliphatic carbocycles. The van der Waals surface area contributed by atoms with Gasteiger partial charge in [-0.1, -0.05) is 17.7 Å². The van der Waals surface area contributed by atoms with Gasteiger partial charge in [0.1, 0.15) is 6.10 Å². The van der Waals surface area contributed by atoms with E-state index in [4.69, 9.17) is 16.3 Å². The van der Waals surface area contributed by atoms with Crippen molar-refractivity contribution < 1.29 is 9.53 Å². The highest BCUT2D eigenvalue weighted by Crippen LogP contribution is 2.16. The molecule has 0 bridgehead atoms. The third-order valence-electron chi connectivity index (χ3n) is 3.29. The number of carbonyl (C=O) groups is 1. The zero-order valence-electron chi connectivity index (χ0n) is 11.7. The first kappa shape index (κ1) is 15.1. The van der Waals surface area contributed by atoms with Crippen LogP contribution >= 0.6 is 22.9 Å². The SMILES string of the molecule is O=C(NCc1cccs1)N1CCC(Oc2ncc(Cl)cn2)C1. The molecular weight excluding hydrogens is 324 g/mol. The quantitative estimate of drug-likeness (QED) is 0.930. The van der Waals surface area contributed by atoms with E-state index < -0.39 is 0 Å². The molecule has 0 aromatic carbocycles. The molecule has 0 radical (unpaired) electrons. The van der Waals surface area contributed by atoms with Gasteiger partial charge in [0.05, 0.1) is 30.5 Å². The van der Waals surface area contributed by atoms with E-state index in [0.29, 0.717) is 24.7 Å². The first-order valence-electron chi connectivity index (χ1n) is 6.90. The lowest BCUT2D eigenvalue weighted by Gasteiger charge is -2.17. The fourth-order valence-corrected chi connectivity index (χ4v) is 2.95. The molecule has 3 rings (SSSR count). The van der Waals surface area contributed by atoms with Gasteiger partial charge >= 0.3 is 12.0 Å². The van der Waals surface area contributed by atoms with Gasteiger partial charge in [0.25, 0.3) is 0 Å². The number of thiophene rings is 1. The number of hydrogen-bond acceptors (Lipinski definition) is 5. The van der Waals surface area contributed by atoms with Gasteiger partial charge in [0.2, 0.25) is 0 Å². The summed E-state index contributed by atoms with van der Waals surface area (Å²) >= 11 is 7.35. The highest BCUT2D eigenvalue weighted by molar-refractivity contribution is 7.09. The van der Waals surface area contributed by atoms with E-state index in [-0.39, 0.29) is 18.1 Å². The number of hydrogen-bond donors (Lipinski definition) is 1. The molecule has 1 N–H and O–H groups in total. The number of rotatable bonds is 4. The van der Waals surface area contributed by atoms with Crippen molar-refractivity contribution in [1.82, 2.24) is 20.2 Å². The van der Waals surface area contributed by atoms with Gasteiger partial charge in [-0.2, -0.15) is 0 Å². The van der Waals surface area contributed by atoms with Crippen molar-refractivity contribution in [2.75, 3.05) is 13.1 Å². The van der Waals surface area contributed by atoms with Crippen LogP contribution in [-0.2, 0) is 6.54 Å². The number of urea groups is 1. The molecule has 1 fully saturated rings. The van der Waals surface area contributed by atoms with Crippen molar-refractivity contribution in [2.45, 2.75) is 19.1 Å². The summed E-state index contributed by atoms with van der Waals surface area (Å²) in [6.07, 6.45) is 3.65. The summed E-state index contributed by atoms with van der Waals surface area (Å²) in [6.45, 7) is 1.75. The number of aromatic nitrogens is 2. The van der Waals surface area contributed by atoms with Crippen LogP contribution in [0.1, 0.15) is 11.3 Å². The highest BCUT2D eigenvalue weighted by Gasteiger charge is 2.28. The largest absolute Gasteiger partial charge is 0.458 e. The van der Waals surface area contributed by atoms with Crippen LogP contribution in [0.15, 0.2) is 29.9 Å². The Morgan fingerprint density at radius 1 is 1.50 bits per heavy atom. The van der Waals surface area contributed by atoms with Crippen LogP contribution < -0.4 is 10.1 Å². The van der Waals surface area contributed by atoms with E-state index >= 15 is 0 Å². The van der Waals surface area contributed by atoms with Gasteiger partial charge in [0, 0.05) is 17.8 Å². The highest BCUT2D eigenvalue weighted by atomic mass is 35.5. The van der Waals surface area contributed by atoms with E-state index in [9.17, 15) is 4.79 Å². The summed E-state index contributed by atoms with van der Waals surface area (Å²) in [6, 6.07) is 4.18. The number of amides is 2. The molecular formula is C14H15ClN4O2S. The van der Waals surface area contributed by atoms with E-state index in [1.54, 1.807) is 16.2 Å². The Labute approximate surface area is 137 Å². The molecule has 1 saturated heterocycles. The average Bonchev–Trinajstić information content (AvgIpc) is 3.19. The lowest BCUT2D eigenvalue weighted by atomic mass is 10.3. The molecule has 1 atom stereocenters. The van der Waals surface area contributed by atoms with Crippen LogP contribution in [0.2, 0.25) is 5.02 Å². The van der Waals surface area contributed by atoms with Crippen LogP contribution in [0.25, 0.3) is 0 Å². The summed E-state index contributed by atoms with van der Waals surface area (Å²) in [7, 11) is 0. The Hall–Kier alpha value is -1.86. The maximum atomic E-state index is 12.1. The smallest absolute Gasteiger partial charge is 0.317 e. The number of nitrogens with zero attached hydrogens (tertiary/aromatic N) is 3. The van der Waals surface area contributed by atoms with Crippen LogP contribution in [0.5, 0.6) is 6.01 Å². The van der Waals surface area contributed by atoms with Gasteiger partial charge in [-0.05, 0) is 11.4 Å². The second kappa shape index (κ2) is 6.93. The van der Waals surface area contributed by atoms with Crippen LogP contribution in [0.4, 0.5) is 4.79 Å². The minimum atomic E-state index is -0.0892. The monoisotopic (exact) mass is 338 g/mol. The van der Waals surface area contributed by atoms with Gasteiger partial charge < -0.3 is 15.0 Å². The molecule has 3 heterocycles. The summed E-state index contributed by atoms with van der Waals surface area (Å²) < 4.78 is 5.66. The fraction of sp³-hybridized carbons (Fsp3) is 0.357. The molecule has 8 heteroatoms. The molecule has 1 aliphatic heterocycles. The molecule has 22 heavy (non-hydrogen) atoms. The first-order chi connectivity index (χ1) is 10.7. The standard InChI is InChI=1S/C14H15ClN4O2S/c15-10-6-16-13(17-7-10)21-11-3-4-19(9-11)14(20)18-8-12-2-1-5-22-12/h1-2,5-7,11H,3-4,8-9H2,(H,18,20). The van der Waals surface area contributed by atoms with Gasteiger partial charge in [-0.15, -0.1) is 11.3 Å².